The average Bonchev–Trinajstić information content (AvgIpc) is 2.72. The maximum atomic E-state index is 5.93. The summed E-state index contributed by atoms with van der Waals surface area (Å²) < 4.78 is 0. The van der Waals surface area contributed by atoms with Crippen LogP contribution in [0.5, 0.6) is 0 Å². The number of H-pyrrole nitrogens is 1. The lowest BCUT2D eigenvalue weighted by Gasteiger charge is -1.93. The summed E-state index contributed by atoms with van der Waals surface area (Å²) in [6.45, 7) is 0. The number of nitrogen functional groups attached to an aromatic ring is 1. The highest BCUT2D eigenvalue weighted by atomic mass is 35.5. The predicted molar refractivity (Wildman–Crippen MR) is 59.7 cm³/mol. The zero-order valence-electron chi connectivity index (χ0n) is 7.03. The number of rotatable bonds is 3. The molecule has 0 spiro atoms. The molecule has 0 atom stereocenters. The van der Waals surface area contributed by atoms with Crippen molar-refractivity contribution in [2.75, 3.05) is 5.73 Å². The third kappa shape index (κ3) is 2.20. The minimum Gasteiger partial charge on any atom is -0.368 e. The molecule has 2 aromatic rings. The van der Waals surface area contributed by atoms with Crippen molar-refractivity contribution in [3.63, 3.8) is 0 Å². The average molecular weight is 247 g/mol. The SMILES string of the molecule is Nc1nc(SCc2sccc2Cl)n[nH]1. The third-order valence-electron chi connectivity index (χ3n) is 1.51. The molecule has 2 aromatic heterocycles. The molecule has 0 unspecified atom stereocenters. The van der Waals surface area contributed by atoms with Gasteiger partial charge in [0.2, 0.25) is 11.1 Å². The van der Waals surface area contributed by atoms with Gasteiger partial charge < -0.3 is 5.73 Å². The smallest absolute Gasteiger partial charge is 0.216 e. The van der Waals surface area contributed by atoms with Crippen molar-refractivity contribution in [2.45, 2.75) is 10.9 Å². The number of nitrogens with two attached hydrogens (primary N) is 1. The molecular weight excluding hydrogens is 240 g/mol. The number of anilines is 1. The van der Waals surface area contributed by atoms with Crippen molar-refractivity contribution in [1.82, 2.24) is 15.2 Å². The van der Waals surface area contributed by atoms with Gasteiger partial charge in [0.15, 0.2) is 0 Å². The van der Waals surface area contributed by atoms with E-state index in [9.17, 15) is 0 Å². The first-order chi connectivity index (χ1) is 6.75. The van der Waals surface area contributed by atoms with E-state index in [4.69, 9.17) is 17.3 Å². The van der Waals surface area contributed by atoms with Crippen molar-refractivity contribution in [2.24, 2.45) is 0 Å². The molecule has 14 heavy (non-hydrogen) atoms. The number of aromatic nitrogens is 3. The van der Waals surface area contributed by atoms with Crippen LogP contribution in [0, 0.1) is 0 Å². The fourth-order valence-electron chi connectivity index (χ4n) is 0.881. The Morgan fingerprint density at radius 1 is 1.64 bits per heavy atom. The zero-order valence-corrected chi connectivity index (χ0v) is 9.42. The summed E-state index contributed by atoms with van der Waals surface area (Å²) in [6.07, 6.45) is 0. The van der Waals surface area contributed by atoms with E-state index in [1.165, 1.54) is 11.8 Å². The Bertz CT molecular complexity index is 425. The number of thiophene rings is 1. The van der Waals surface area contributed by atoms with E-state index in [0.29, 0.717) is 11.1 Å². The number of hydrogen-bond donors (Lipinski definition) is 2. The van der Waals surface area contributed by atoms with E-state index in [0.717, 1.165) is 15.7 Å². The Morgan fingerprint density at radius 3 is 3.07 bits per heavy atom. The van der Waals surface area contributed by atoms with Crippen LogP contribution >= 0.6 is 34.7 Å². The van der Waals surface area contributed by atoms with Gasteiger partial charge in [0.1, 0.15) is 0 Å². The number of halogens is 1. The normalized spacial score (nSPS) is 10.6. The van der Waals surface area contributed by atoms with Crippen LogP contribution in [0.2, 0.25) is 5.02 Å². The van der Waals surface area contributed by atoms with Gasteiger partial charge in [0, 0.05) is 10.6 Å². The van der Waals surface area contributed by atoms with Crippen LogP contribution in [-0.4, -0.2) is 15.2 Å². The van der Waals surface area contributed by atoms with Crippen LogP contribution < -0.4 is 5.73 Å². The summed E-state index contributed by atoms with van der Waals surface area (Å²) in [7, 11) is 0. The van der Waals surface area contributed by atoms with Crippen molar-refractivity contribution in [3.05, 3.63) is 21.3 Å². The first kappa shape index (κ1) is 9.82. The van der Waals surface area contributed by atoms with Crippen LogP contribution in [0.25, 0.3) is 0 Å². The number of nitrogens with zero attached hydrogens (tertiary/aromatic N) is 2. The zero-order chi connectivity index (χ0) is 9.97. The molecule has 0 saturated heterocycles. The first-order valence-corrected chi connectivity index (χ1v) is 6.02. The maximum Gasteiger partial charge on any atom is 0.216 e. The van der Waals surface area contributed by atoms with Gasteiger partial charge in [-0.3, -0.25) is 0 Å². The second-order valence-corrected chi connectivity index (χ2v) is 4.83. The van der Waals surface area contributed by atoms with Crippen molar-refractivity contribution >= 4 is 40.6 Å². The highest BCUT2D eigenvalue weighted by Gasteiger charge is 2.05. The molecule has 0 fully saturated rings. The van der Waals surface area contributed by atoms with Gasteiger partial charge in [-0.1, -0.05) is 23.4 Å². The highest BCUT2D eigenvalue weighted by Crippen LogP contribution is 2.28. The Kier molecular flexibility index (Phi) is 2.95. The molecule has 0 amide bonds. The van der Waals surface area contributed by atoms with Crippen molar-refractivity contribution < 1.29 is 0 Å². The fourth-order valence-corrected chi connectivity index (χ4v) is 2.99. The van der Waals surface area contributed by atoms with E-state index < -0.39 is 0 Å². The maximum absolute atomic E-state index is 5.93. The number of nitrogens with one attached hydrogen (secondary N) is 1. The fraction of sp³-hybridized carbons (Fsp3) is 0.143. The molecular formula is C7H7ClN4S2. The Balaban J connectivity index is 1.98. The molecule has 0 bridgehead atoms. The molecule has 74 valence electrons. The summed E-state index contributed by atoms with van der Waals surface area (Å²) in [5.74, 6) is 1.11. The van der Waals surface area contributed by atoms with Crippen LogP contribution in [0.15, 0.2) is 16.6 Å². The lowest BCUT2D eigenvalue weighted by atomic mass is 10.5. The van der Waals surface area contributed by atoms with Gasteiger partial charge in [-0.2, -0.15) is 4.98 Å². The molecule has 4 nitrogen and oxygen atoms in total. The van der Waals surface area contributed by atoms with Gasteiger partial charge in [0.05, 0.1) is 5.02 Å². The minimum absolute atomic E-state index is 0.338. The second-order valence-electron chi connectivity index (χ2n) is 2.48. The topological polar surface area (TPSA) is 67.6 Å². The Labute approximate surface area is 93.9 Å². The molecule has 2 rings (SSSR count). The molecule has 0 aromatic carbocycles. The number of hydrogen-bond acceptors (Lipinski definition) is 5. The molecule has 0 radical (unpaired) electrons. The first-order valence-electron chi connectivity index (χ1n) is 3.78. The summed E-state index contributed by atoms with van der Waals surface area (Å²) >= 11 is 9.07. The molecule has 2 heterocycles. The van der Waals surface area contributed by atoms with Gasteiger partial charge in [0.25, 0.3) is 0 Å². The van der Waals surface area contributed by atoms with E-state index in [2.05, 4.69) is 15.2 Å². The lowest BCUT2D eigenvalue weighted by molar-refractivity contribution is 0.974. The van der Waals surface area contributed by atoms with Crippen LogP contribution in [0.4, 0.5) is 5.95 Å². The van der Waals surface area contributed by atoms with Crippen LogP contribution in [0.1, 0.15) is 4.88 Å². The predicted octanol–water partition coefficient (Wildman–Crippen LogP) is 2.39. The van der Waals surface area contributed by atoms with Gasteiger partial charge in [-0.05, 0) is 11.4 Å². The van der Waals surface area contributed by atoms with Crippen molar-refractivity contribution in [3.8, 4) is 0 Å². The quantitative estimate of drug-likeness (QED) is 0.816. The summed E-state index contributed by atoms with van der Waals surface area (Å²) in [6, 6.07) is 1.88. The van der Waals surface area contributed by atoms with E-state index in [1.807, 2.05) is 11.4 Å². The minimum atomic E-state index is 0.338. The third-order valence-corrected chi connectivity index (χ3v) is 3.95. The van der Waals surface area contributed by atoms with Gasteiger partial charge >= 0.3 is 0 Å². The van der Waals surface area contributed by atoms with Crippen LogP contribution in [-0.2, 0) is 5.75 Å². The highest BCUT2D eigenvalue weighted by molar-refractivity contribution is 7.98. The molecule has 0 aliphatic carbocycles. The van der Waals surface area contributed by atoms with E-state index >= 15 is 0 Å². The molecule has 3 N–H and O–H groups in total. The van der Waals surface area contributed by atoms with Gasteiger partial charge in [-0.25, -0.2) is 5.10 Å². The molecule has 7 heteroatoms. The second kappa shape index (κ2) is 4.20. The summed E-state index contributed by atoms with van der Waals surface area (Å²) in [5.41, 5.74) is 5.39. The lowest BCUT2D eigenvalue weighted by Crippen LogP contribution is -1.85. The molecule has 0 aliphatic heterocycles. The Hall–Kier alpha value is -0.720. The number of thioether (sulfide) groups is 1. The summed E-state index contributed by atoms with van der Waals surface area (Å²) in [4.78, 5) is 5.10. The monoisotopic (exact) mass is 246 g/mol. The molecule has 0 aliphatic rings. The number of aromatic amines is 1. The Morgan fingerprint density at radius 2 is 2.50 bits per heavy atom. The van der Waals surface area contributed by atoms with Gasteiger partial charge in [-0.15, -0.1) is 16.4 Å². The standard InChI is InChI=1S/C7H7ClN4S2/c8-4-1-2-13-5(4)3-14-7-10-6(9)11-12-7/h1-2H,3H2,(H3,9,10,11,12). The molecule has 0 saturated carbocycles. The van der Waals surface area contributed by atoms with E-state index in [-0.39, 0.29) is 0 Å². The largest absolute Gasteiger partial charge is 0.368 e. The van der Waals surface area contributed by atoms with E-state index in [1.54, 1.807) is 11.3 Å². The van der Waals surface area contributed by atoms with Crippen LogP contribution in [0.3, 0.4) is 0 Å². The summed E-state index contributed by atoms with van der Waals surface area (Å²) in [5, 5.41) is 9.89. The van der Waals surface area contributed by atoms with Crippen molar-refractivity contribution in [1.29, 1.82) is 0 Å².